The summed E-state index contributed by atoms with van der Waals surface area (Å²) in [6.45, 7) is 3.98. The van der Waals surface area contributed by atoms with Crippen LogP contribution in [0.4, 0.5) is 5.82 Å². The van der Waals surface area contributed by atoms with Crippen molar-refractivity contribution in [2.24, 2.45) is 0 Å². The molecule has 0 spiro atoms. The van der Waals surface area contributed by atoms with Gasteiger partial charge in [-0.2, -0.15) is 0 Å². The van der Waals surface area contributed by atoms with Crippen LogP contribution in [0, 0.1) is 0 Å². The highest BCUT2D eigenvalue weighted by Gasteiger charge is 2.32. The van der Waals surface area contributed by atoms with Crippen molar-refractivity contribution in [1.82, 2.24) is 19.4 Å². The molecule has 2 N–H and O–H groups in total. The van der Waals surface area contributed by atoms with Gasteiger partial charge < -0.3 is 19.8 Å². The summed E-state index contributed by atoms with van der Waals surface area (Å²) < 4.78 is 13.6. The Labute approximate surface area is 186 Å². The molecule has 0 aliphatic carbocycles. The van der Waals surface area contributed by atoms with Crippen LogP contribution in [0.25, 0.3) is 22.2 Å². The van der Waals surface area contributed by atoms with Crippen molar-refractivity contribution in [3.05, 3.63) is 67.1 Å². The molecule has 7 nitrogen and oxygen atoms in total. The van der Waals surface area contributed by atoms with E-state index in [2.05, 4.69) is 37.8 Å². The molecule has 2 saturated heterocycles. The van der Waals surface area contributed by atoms with Crippen molar-refractivity contribution in [2.75, 3.05) is 32.0 Å². The molecule has 2 atom stereocenters. The first-order valence-corrected chi connectivity index (χ1v) is 11.0. The lowest BCUT2D eigenvalue weighted by Gasteiger charge is -2.16. The smallest absolute Gasteiger partial charge is 0.146 e. The molecule has 6 rings (SSSR count). The number of nitrogen functional groups attached to an aromatic ring is 1. The third-order valence-electron chi connectivity index (χ3n) is 6.29. The number of hydrogen-bond donors (Lipinski definition) is 1. The Morgan fingerprint density at radius 3 is 2.59 bits per heavy atom. The normalized spacial score (nSPS) is 20.6. The fourth-order valence-corrected chi connectivity index (χ4v) is 4.60. The fraction of sp³-hybridized carbons (Fsp3) is 0.280. The van der Waals surface area contributed by atoms with Gasteiger partial charge in [-0.15, -0.1) is 0 Å². The second-order valence-corrected chi connectivity index (χ2v) is 8.50. The highest BCUT2D eigenvalue weighted by molar-refractivity contribution is 6.00. The number of benzene rings is 2. The summed E-state index contributed by atoms with van der Waals surface area (Å²) in [6, 6.07) is 18.2. The van der Waals surface area contributed by atoms with E-state index in [1.54, 1.807) is 6.33 Å². The summed E-state index contributed by atoms with van der Waals surface area (Å²) in [5.41, 5.74) is 9.33. The third kappa shape index (κ3) is 3.70. The Bertz CT molecular complexity index is 1230. The van der Waals surface area contributed by atoms with Crippen LogP contribution in [0.1, 0.15) is 12.5 Å². The standard InChI is InChI=1S/C25H25N5O2/c26-24-23-22(17-6-8-20(9-7-17)32-19-4-2-1-3-5-19)14-30(25(23)28-16-27-24)18-10-11-29(12-18)13-21-15-31-21/h1-9,14,16,18,21H,10-13,15H2,(H2,26,27,28)/t18-,21+/m0/s1. The van der Waals surface area contributed by atoms with Crippen molar-refractivity contribution in [3.8, 4) is 22.6 Å². The number of para-hydroxylation sites is 1. The van der Waals surface area contributed by atoms with Crippen molar-refractivity contribution in [2.45, 2.75) is 18.6 Å². The molecular weight excluding hydrogens is 402 g/mol. The maximum atomic E-state index is 6.32. The summed E-state index contributed by atoms with van der Waals surface area (Å²) in [4.78, 5) is 11.4. The fourth-order valence-electron chi connectivity index (χ4n) is 4.60. The number of aromatic nitrogens is 3. The lowest BCUT2D eigenvalue weighted by atomic mass is 10.1. The molecule has 0 unspecified atom stereocenters. The van der Waals surface area contributed by atoms with E-state index in [-0.39, 0.29) is 0 Å². The maximum absolute atomic E-state index is 6.32. The molecular formula is C25H25N5O2. The molecule has 4 heterocycles. The monoisotopic (exact) mass is 427 g/mol. The summed E-state index contributed by atoms with van der Waals surface area (Å²) in [5.74, 6) is 2.12. The van der Waals surface area contributed by atoms with Gasteiger partial charge in [0, 0.05) is 37.4 Å². The van der Waals surface area contributed by atoms with Crippen LogP contribution in [-0.4, -0.2) is 51.8 Å². The molecule has 4 aromatic rings. The number of likely N-dealkylation sites (tertiary alicyclic amines) is 1. The predicted molar refractivity (Wildman–Crippen MR) is 124 cm³/mol. The summed E-state index contributed by atoms with van der Waals surface area (Å²) in [6.07, 6.45) is 5.24. The van der Waals surface area contributed by atoms with Gasteiger partial charge in [-0.05, 0) is 36.2 Å². The van der Waals surface area contributed by atoms with Crippen molar-refractivity contribution >= 4 is 16.9 Å². The molecule has 2 aromatic carbocycles. The molecule has 162 valence electrons. The van der Waals surface area contributed by atoms with Crippen molar-refractivity contribution in [1.29, 1.82) is 0 Å². The lowest BCUT2D eigenvalue weighted by Crippen LogP contribution is -2.25. The lowest BCUT2D eigenvalue weighted by molar-refractivity contribution is 0.278. The largest absolute Gasteiger partial charge is 0.457 e. The highest BCUT2D eigenvalue weighted by Crippen LogP contribution is 2.37. The topological polar surface area (TPSA) is 81.7 Å². The number of ether oxygens (including phenoxy) is 2. The van der Waals surface area contributed by atoms with Gasteiger partial charge in [-0.3, -0.25) is 4.90 Å². The first kappa shape index (κ1) is 19.3. The molecule has 0 amide bonds. The van der Waals surface area contributed by atoms with Crippen LogP contribution < -0.4 is 10.5 Å². The average Bonchev–Trinajstić information content (AvgIpc) is 3.36. The average molecular weight is 428 g/mol. The van der Waals surface area contributed by atoms with Gasteiger partial charge in [0.15, 0.2) is 0 Å². The zero-order valence-corrected chi connectivity index (χ0v) is 17.7. The first-order valence-electron chi connectivity index (χ1n) is 11.0. The van der Waals surface area contributed by atoms with Crippen LogP contribution in [0.2, 0.25) is 0 Å². The van der Waals surface area contributed by atoms with Crippen molar-refractivity contribution in [3.63, 3.8) is 0 Å². The zero-order chi connectivity index (χ0) is 21.5. The Kier molecular flexibility index (Phi) is 4.78. The second kappa shape index (κ2) is 7.93. The van der Waals surface area contributed by atoms with Gasteiger partial charge in [-0.25, -0.2) is 9.97 Å². The van der Waals surface area contributed by atoms with Crippen molar-refractivity contribution < 1.29 is 9.47 Å². The molecule has 2 fully saturated rings. The summed E-state index contributed by atoms with van der Waals surface area (Å²) in [7, 11) is 0. The molecule has 2 aromatic heterocycles. The second-order valence-electron chi connectivity index (χ2n) is 8.50. The van der Waals surface area contributed by atoms with E-state index in [0.717, 1.165) is 66.3 Å². The number of anilines is 1. The number of rotatable bonds is 6. The number of nitrogens with zero attached hydrogens (tertiary/aromatic N) is 4. The number of epoxide rings is 1. The Balaban J connectivity index is 1.31. The number of hydrogen-bond acceptors (Lipinski definition) is 6. The van der Waals surface area contributed by atoms with Gasteiger partial charge in [0.1, 0.15) is 29.3 Å². The zero-order valence-electron chi connectivity index (χ0n) is 17.7. The third-order valence-corrected chi connectivity index (χ3v) is 6.29. The minimum Gasteiger partial charge on any atom is -0.457 e. The Morgan fingerprint density at radius 1 is 1.03 bits per heavy atom. The first-order chi connectivity index (χ1) is 15.7. The molecule has 7 heteroatoms. The SMILES string of the molecule is Nc1ncnc2c1c(-c1ccc(Oc3ccccc3)cc1)cn2[C@H]1CCN(C[C@@H]2CO2)C1. The highest BCUT2D eigenvalue weighted by atomic mass is 16.6. The minimum absolute atomic E-state index is 0.361. The van der Waals surface area contributed by atoms with Gasteiger partial charge in [0.2, 0.25) is 0 Å². The minimum atomic E-state index is 0.361. The predicted octanol–water partition coefficient (Wildman–Crippen LogP) is 4.12. The number of nitrogens with two attached hydrogens (primary N) is 1. The number of fused-ring (bicyclic) bond motifs is 1. The van der Waals surface area contributed by atoms with E-state index in [1.165, 1.54) is 0 Å². The van der Waals surface area contributed by atoms with Gasteiger partial charge in [-0.1, -0.05) is 30.3 Å². The molecule has 0 saturated carbocycles. The van der Waals surface area contributed by atoms with Crippen LogP contribution >= 0.6 is 0 Å². The van der Waals surface area contributed by atoms with Gasteiger partial charge >= 0.3 is 0 Å². The summed E-state index contributed by atoms with van der Waals surface area (Å²) in [5, 5.41) is 0.910. The molecule has 2 aliphatic heterocycles. The van der Waals surface area contributed by atoms with E-state index in [1.807, 2.05) is 42.5 Å². The molecule has 2 aliphatic rings. The van der Waals surface area contributed by atoms with E-state index in [4.69, 9.17) is 15.2 Å². The molecule has 0 bridgehead atoms. The summed E-state index contributed by atoms with van der Waals surface area (Å²) >= 11 is 0. The Hall–Kier alpha value is -3.42. The van der Waals surface area contributed by atoms with E-state index >= 15 is 0 Å². The van der Waals surface area contributed by atoms with E-state index in [9.17, 15) is 0 Å². The maximum Gasteiger partial charge on any atom is 0.146 e. The molecule has 32 heavy (non-hydrogen) atoms. The quantitative estimate of drug-likeness (QED) is 0.466. The van der Waals surface area contributed by atoms with E-state index in [0.29, 0.717) is 18.0 Å². The van der Waals surface area contributed by atoms with Crippen LogP contribution in [-0.2, 0) is 4.74 Å². The van der Waals surface area contributed by atoms with Crippen LogP contribution in [0.3, 0.4) is 0 Å². The molecule has 0 radical (unpaired) electrons. The Morgan fingerprint density at radius 2 is 1.81 bits per heavy atom. The van der Waals surface area contributed by atoms with E-state index < -0.39 is 0 Å². The van der Waals surface area contributed by atoms with Gasteiger partial charge in [0.05, 0.1) is 18.1 Å². The van der Waals surface area contributed by atoms with Crippen LogP contribution in [0.5, 0.6) is 11.5 Å². The van der Waals surface area contributed by atoms with Crippen LogP contribution in [0.15, 0.2) is 67.1 Å². The van der Waals surface area contributed by atoms with Gasteiger partial charge in [0.25, 0.3) is 0 Å².